The molecule has 2 aromatic rings. The predicted octanol–water partition coefficient (Wildman–Crippen LogP) is 5.69. The summed E-state index contributed by atoms with van der Waals surface area (Å²) < 4.78 is 13.3. The molecule has 7 amide bonds. The van der Waals surface area contributed by atoms with Crippen LogP contribution in [0.15, 0.2) is 54.3 Å². The molecule has 3 rings (SSSR count). The highest BCUT2D eigenvalue weighted by molar-refractivity contribution is 6.12. The largest absolute Gasteiger partial charge is 0.460 e. The van der Waals surface area contributed by atoms with Crippen LogP contribution in [-0.2, 0) is 55.5 Å². The molecule has 4 unspecified atom stereocenters. The van der Waals surface area contributed by atoms with E-state index in [-0.39, 0.29) is 43.8 Å². The summed E-state index contributed by atoms with van der Waals surface area (Å²) in [6.45, 7) is 25.1. The molecule has 1 aliphatic heterocycles. The van der Waals surface area contributed by atoms with E-state index in [0.29, 0.717) is 0 Å². The van der Waals surface area contributed by atoms with E-state index in [0.717, 1.165) is 33.5 Å². The third kappa shape index (κ3) is 15.3. The van der Waals surface area contributed by atoms with E-state index >= 15 is 0 Å². The van der Waals surface area contributed by atoms with E-state index < -0.39 is 93.7 Å². The second-order valence-electron chi connectivity index (χ2n) is 21.7. The van der Waals surface area contributed by atoms with Crippen LogP contribution in [0, 0.1) is 11.3 Å². The molecule has 68 heavy (non-hydrogen) atoms. The van der Waals surface area contributed by atoms with Crippen LogP contribution < -0.4 is 16.0 Å². The topological polar surface area (TPSA) is 206 Å². The summed E-state index contributed by atoms with van der Waals surface area (Å²) >= 11 is 0. The summed E-state index contributed by atoms with van der Waals surface area (Å²) in [5.41, 5.74) is -1.50. The second kappa shape index (κ2) is 22.4. The molecule has 3 N–H and O–H groups in total. The monoisotopic (exact) mass is 948 g/mol. The van der Waals surface area contributed by atoms with Crippen LogP contribution in [0.3, 0.4) is 0 Å². The third-order valence-corrected chi connectivity index (χ3v) is 11.7. The number of ether oxygens (including phenoxy) is 2. The van der Waals surface area contributed by atoms with E-state index in [1.807, 2.05) is 90.5 Å². The van der Waals surface area contributed by atoms with E-state index in [9.17, 15) is 38.4 Å². The SMILES string of the molecule is CC(=CC(C(C)C)N(C)C(=O)C(NC(=O)C(N(C)C(=O)OC(C)(C)C)C(C)(C)c1cn(C)c2ccccc12)C(C)(C)C)C(=O)NC(CCC(=O)NCCN1C(=O)C=CC1=O)CC(=O)OC(C)(C)C. The minimum absolute atomic E-state index is 0.00859. The molecule has 1 aromatic heterocycles. The average molecular weight is 948 g/mol. The van der Waals surface area contributed by atoms with E-state index in [2.05, 4.69) is 16.0 Å². The molecule has 1 aliphatic rings. The van der Waals surface area contributed by atoms with Gasteiger partial charge in [0.2, 0.25) is 23.6 Å². The number of para-hydroxylation sites is 1. The number of carbonyl (C=O) groups is 8. The maximum Gasteiger partial charge on any atom is 0.410 e. The van der Waals surface area contributed by atoms with Gasteiger partial charge < -0.3 is 34.9 Å². The Labute approximate surface area is 402 Å². The number of aromatic nitrogens is 1. The van der Waals surface area contributed by atoms with Crippen molar-refractivity contribution in [2.24, 2.45) is 18.4 Å². The third-order valence-electron chi connectivity index (χ3n) is 11.7. The van der Waals surface area contributed by atoms with Crippen molar-refractivity contribution in [1.29, 1.82) is 0 Å². The summed E-state index contributed by atoms with van der Waals surface area (Å²) in [6.07, 6.45) is 4.97. The number of fused-ring (bicyclic) bond motifs is 1. The van der Waals surface area contributed by atoms with Gasteiger partial charge in [-0.15, -0.1) is 0 Å². The summed E-state index contributed by atoms with van der Waals surface area (Å²) in [7, 11) is 5.05. The lowest BCUT2D eigenvalue weighted by atomic mass is 9.76. The number of nitrogens with one attached hydrogen (secondary N) is 3. The lowest BCUT2D eigenvalue weighted by molar-refractivity contribution is -0.155. The van der Waals surface area contributed by atoms with Gasteiger partial charge in [-0.05, 0) is 77.8 Å². The molecule has 2 heterocycles. The Morgan fingerprint density at radius 3 is 1.93 bits per heavy atom. The first-order valence-corrected chi connectivity index (χ1v) is 23.2. The number of nitrogens with zero attached hydrogens (tertiary/aromatic N) is 4. The van der Waals surface area contributed by atoms with Crippen molar-refractivity contribution in [1.82, 2.24) is 35.2 Å². The highest BCUT2D eigenvalue weighted by Crippen LogP contribution is 2.37. The number of hydrogen-bond acceptors (Lipinski definition) is 10. The van der Waals surface area contributed by atoms with Gasteiger partial charge in [-0.3, -0.25) is 43.4 Å². The van der Waals surface area contributed by atoms with E-state index in [1.165, 1.54) is 16.8 Å². The van der Waals surface area contributed by atoms with Crippen LogP contribution in [-0.4, -0.2) is 129 Å². The molecule has 0 saturated carbocycles. The second-order valence-corrected chi connectivity index (χ2v) is 21.7. The van der Waals surface area contributed by atoms with Crippen molar-refractivity contribution >= 4 is 58.4 Å². The van der Waals surface area contributed by atoms with Crippen molar-refractivity contribution in [3.8, 4) is 0 Å². The normalized spacial score (nSPS) is 15.4. The Morgan fingerprint density at radius 2 is 1.38 bits per heavy atom. The molecule has 0 radical (unpaired) electrons. The molecular formula is C51H77N7O10. The summed E-state index contributed by atoms with van der Waals surface area (Å²) in [4.78, 5) is 111. The molecule has 1 aromatic carbocycles. The number of aryl methyl sites for hydroxylation is 1. The van der Waals surface area contributed by atoms with Gasteiger partial charge in [0.1, 0.15) is 23.3 Å². The number of amides is 7. The fraction of sp³-hybridized carbons (Fsp3) is 0.608. The number of imide groups is 1. The van der Waals surface area contributed by atoms with Gasteiger partial charge in [0.25, 0.3) is 11.8 Å². The van der Waals surface area contributed by atoms with Gasteiger partial charge in [0.05, 0.1) is 12.5 Å². The van der Waals surface area contributed by atoms with Crippen LogP contribution in [0.1, 0.15) is 122 Å². The van der Waals surface area contributed by atoms with Crippen LogP contribution in [0.5, 0.6) is 0 Å². The first-order chi connectivity index (χ1) is 31.2. The number of likely N-dealkylation sites (N-methyl/N-ethyl adjacent to an activating group) is 2. The smallest absolute Gasteiger partial charge is 0.410 e. The molecule has 17 nitrogen and oxygen atoms in total. The lowest BCUT2D eigenvalue weighted by Crippen LogP contribution is -2.63. The van der Waals surface area contributed by atoms with Gasteiger partial charge in [0.15, 0.2) is 0 Å². The van der Waals surface area contributed by atoms with Crippen LogP contribution in [0.2, 0.25) is 0 Å². The van der Waals surface area contributed by atoms with Crippen molar-refractivity contribution in [3.63, 3.8) is 0 Å². The van der Waals surface area contributed by atoms with Crippen molar-refractivity contribution in [3.05, 3.63) is 59.8 Å². The van der Waals surface area contributed by atoms with E-state index in [1.54, 1.807) is 61.6 Å². The Morgan fingerprint density at radius 1 is 0.809 bits per heavy atom. The maximum absolute atomic E-state index is 15.0. The molecule has 0 aliphatic carbocycles. The van der Waals surface area contributed by atoms with Gasteiger partial charge >= 0.3 is 12.1 Å². The zero-order valence-electron chi connectivity index (χ0n) is 43.4. The number of carbonyl (C=O) groups excluding carboxylic acids is 8. The van der Waals surface area contributed by atoms with Gasteiger partial charge in [-0.1, -0.05) is 72.7 Å². The summed E-state index contributed by atoms with van der Waals surface area (Å²) in [5, 5.41) is 9.51. The van der Waals surface area contributed by atoms with Crippen molar-refractivity contribution in [2.75, 3.05) is 27.2 Å². The van der Waals surface area contributed by atoms with Crippen LogP contribution in [0.4, 0.5) is 4.79 Å². The lowest BCUT2D eigenvalue weighted by Gasteiger charge is -2.42. The number of rotatable bonds is 19. The highest BCUT2D eigenvalue weighted by Gasteiger charge is 2.47. The molecular weight excluding hydrogens is 871 g/mol. The van der Waals surface area contributed by atoms with Gasteiger partial charge in [-0.2, -0.15) is 0 Å². The van der Waals surface area contributed by atoms with Crippen LogP contribution in [0.25, 0.3) is 10.9 Å². The molecule has 0 spiro atoms. The first-order valence-electron chi connectivity index (χ1n) is 23.2. The first kappa shape index (κ1) is 56.3. The Kier molecular flexibility index (Phi) is 18.6. The van der Waals surface area contributed by atoms with Gasteiger partial charge in [-0.25, -0.2) is 4.79 Å². The Bertz CT molecular complexity index is 2250. The number of esters is 1. The highest BCUT2D eigenvalue weighted by atomic mass is 16.6. The zero-order chi connectivity index (χ0) is 51.9. The Hall–Kier alpha value is -6.00. The van der Waals surface area contributed by atoms with Crippen molar-refractivity contribution in [2.45, 2.75) is 157 Å². The summed E-state index contributed by atoms with van der Waals surface area (Å²) in [5.74, 6) is -3.67. The fourth-order valence-electron chi connectivity index (χ4n) is 8.19. The van der Waals surface area contributed by atoms with Crippen molar-refractivity contribution < 1.29 is 47.8 Å². The van der Waals surface area contributed by atoms with Gasteiger partial charge in [0, 0.05) is 86.9 Å². The number of hydrogen-bond donors (Lipinski definition) is 3. The Balaban J connectivity index is 1.91. The molecule has 376 valence electrons. The standard InChI is InChI=1S/C51H77N7O10/c1-31(2)37(28-32(3)44(63)53-33(29-41(62)67-49(7,8)9)22-23-38(59)52-26-27-58-39(60)24-25-40(58)61)56(16)46(65)42(48(4,5)6)54-45(64)43(57(17)47(66)68-50(10,11)12)51(13,14)35-30-55(15)36-21-19-18-20-34(35)36/h18-21,24-25,28,30-31,33,37,42-43H,22-23,26-27,29H2,1-17H3,(H,52,59)(H,53,63)(H,54,64). The fourth-order valence-corrected chi connectivity index (χ4v) is 8.19. The average Bonchev–Trinajstić information content (AvgIpc) is 3.72. The van der Waals surface area contributed by atoms with Crippen LogP contribution >= 0.6 is 0 Å². The minimum Gasteiger partial charge on any atom is -0.460 e. The molecule has 0 fully saturated rings. The molecule has 17 heteroatoms. The quantitative estimate of drug-likeness (QED) is 0.0892. The maximum atomic E-state index is 15.0. The minimum atomic E-state index is -1.15. The number of benzene rings is 1. The summed E-state index contributed by atoms with van der Waals surface area (Å²) in [6, 6.07) is 4.08. The van der Waals surface area contributed by atoms with E-state index in [4.69, 9.17) is 9.47 Å². The predicted molar refractivity (Wildman–Crippen MR) is 261 cm³/mol. The zero-order valence-corrected chi connectivity index (χ0v) is 43.4. The molecule has 4 atom stereocenters. The molecule has 0 bridgehead atoms. The molecule has 0 saturated heterocycles.